The smallest absolute Gasteiger partial charge is 0.385 e. The Bertz CT molecular complexity index is 449. The molecule has 0 aliphatic heterocycles. The summed E-state index contributed by atoms with van der Waals surface area (Å²) >= 11 is 0. The van der Waals surface area contributed by atoms with Crippen LogP contribution in [0.3, 0.4) is 0 Å². The third-order valence-electron chi connectivity index (χ3n) is 2.66. The van der Waals surface area contributed by atoms with Crippen LogP contribution in [-0.4, -0.2) is 25.7 Å². The predicted octanol–water partition coefficient (Wildman–Crippen LogP) is 2.40. The molecule has 0 aliphatic carbocycles. The number of carbonyl (C=O) groups excluding carboxylic acids is 1. The summed E-state index contributed by atoms with van der Waals surface area (Å²) in [6, 6.07) is 3.65. The van der Waals surface area contributed by atoms with Gasteiger partial charge in [-0.1, -0.05) is 6.07 Å². The number of alkyl halides is 3. The minimum absolute atomic E-state index is 0.0759. The fourth-order valence-electron chi connectivity index (χ4n) is 1.59. The number of carbonyl (C=O) groups is 1. The van der Waals surface area contributed by atoms with Crippen molar-refractivity contribution in [2.24, 2.45) is 5.73 Å². The van der Waals surface area contributed by atoms with Gasteiger partial charge in [-0.15, -0.1) is 0 Å². The maximum atomic E-state index is 12.5. The van der Waals surface area contributed by atoms with Gasteiger partial charge in [0, 0.05) is 19.4 Å². The van der Waals surface area contributed by atoms with E-state index in [-0.39, 0.29) is 5.69 Å². The van der Waals surface area contributed by atoms with E-state index in [0.717, 1.165) is 12.1 Å². The lowest BCUT2D eigenvalue weighted by molar-refractivity contribution is -0.137. The van der Waals surface area contributed by atoms with Crippen LogP contribution in [0.4, 0.5) is 18.9 Å². The van der Waals surface area contributed by atoms with Crippen molar-refractivity contribution in [3.8, 4) is 0 Å². The van der Waals surface area contributed by atoms with E-state index in [4.69, 9.17) is 10.5 Å². The minimum atomic E-state index is -4.44. The first-order valence-electron chi connectivity index (χ1n) is 6.07. The van der Waals surface area contributed by atoms with Crippen molar-refractivity contribution in [1.29, 1.82) is 0 Å². The Morgan fingerprint density at radius 3 is 2.75 bits per heavy atom. The zero-order chi connectivity index (χ0) is 15.2. The molecule has 3 N–H and O–H groups in total. The highest BCUT2D eigenvalue weighted by Crippen LogP contribution is 2.30. The zero-order valence-corrected chi connectivity index (χ0v) is 11.0. The molecule has 1 atom stereocenters. The molecule has 0 saturated carbocycles. The highest BCUT2D eigenvalue weighted by Gasteiger charge is 2.30. The average Bonchev–Trinajstić information content (AvgIpc) is 2.38. The van der Waals surface area contributed by atoms with Crippen LogP contribution in [0.5, 0.6) is 0 Å². The molecule has 1 aromatic rings. The molecule has 0 bridgehead atoms. The van der Waals surface area contributed by atoms with Crippen LogP contribution in [-0.2, 0) is 15.7 Å². The number of methoxy groups -OCH3 is 1. The van der Waals surface area contributed by atoms with E-state index < -0.39 is 23.7 Å². The van der Waals surface area contributed by atoms with Crippen molar-refractivity contribution in [3.05, 3.63) is 29.8 Å². The Kier molecular flexibility index (Phi) is 5.97. The third-order valence-corrected chi connectivity index (χ3v) is 2.66. The van der Waals surface area contributed by atoms with Crippen molar-refractivity contribution in [2.45, 2.75) is 25.1 Å². The number of hydrogen-bond acceptors (Lipinski definition) is 3. The lowest BCUT2D eigenvalue weighted by atomic mass is 10.1. The van der Waals surface area contributed by atoms with Crippen LogP contribution >= 0.6 is 0 Å². The summed E-state index contributed by atoms with van der Waals surface area (Å²) in [5.74, 6) is -0.513. The van der Waals surface area contributed by atoms with E-state index in [1.807, 2.05) is 0 Å². The Morgan fingerprint density at radius 1 is 1.45 bits per heavy atom. The van der Waals surface area contributed by atoms with Crippen LogP contribution < -0.4 is 11.1 Å². The SMILES string of the molecule is COCCCC(N)C(=O)Nc1cccc(C(F)(F)F)c1. The quantitative estimate of drug-likeness (QED) is 0.791. The molecule has 1 amide bonds. The van der Waals surface area contributed by atoms with Crippen LogP contribution in [0.15, 0.2) is 24.3 Å². The first-order chi connectivity index (χ1) is 9.34. The molecular weight excluding hydrogens is 273 g/mol. The van der Waals surface area contributed by atoms with Crippen LogP contribution in [0.1, 0.15) is 18.4 Å². The first kappa shape index (κ1) is 16.5. The van der Waals surface area contributed by atoms with Crippen molar-refractivity contribution >= 4 is 11.6 Å². The average molecular weight is 290 g/mol. The van der Waals surface area contributed by atoms with Crippen molar-refractivity contribution in [1.82, 2.24) is 0 Å². The largest absolute Gasteiger partial charge is 0.416 e. The van der Waals surface area contributed by atoms with Gasteiger partial charge in [-0.3, -0.25) is 4.79 Å². The van der Waals surface area contributed by atoms with Gasteiger partial charge in [0.05, 0.1) is 11.6 Å². The third kappa shape index (κ3) is 5.18. The fraction of sp³-hybridized carbons (Fsp3) is 0.462. The van der Waals surface area contributed by atoms with Gasteiger partial charge in [-0.2, -0.15) is 13.2 Å². The molecule has 1 rings (SSSR count). The maximum absolute atomic E-state index is 12.5. The molecular formula is C13H17F3N2O2. The maximum Gasteiger partial charge on any atom is 0.416 e. The van der Waals surface area contributed by atoms with Gasteiger partial charge >= 0.3 is 6.18 Å². The van der Waals surface area contributed by atoms with Crippen molar-refractivity contribution in [3.63, 3.8) is 0 Å². The summed E-state index contributed by atoms with van der Waals surface area (Å²) in [4.78, 5) is 11.7. The number of benzene rings is 1. The number of halogens is 3. The molecule has 0 heterocycles. The molecule has 112 valence electrons. The normalized spacial score (nSPS) is 13.1. The molecule has 4 nitrogen and oxygen atoms in total. The van der Waals surface area contributed by atoms with Crippen molar-refractivity contribution in [2.75, 3.05) is 19.0 Å². The second kappa shape index (κ2) is 7.25. The summed E-state index contributed by atoms with van der Waals surface area (Å²) in [6.45, 7) is 0.477. The molecule has 0 fully saturated rings. The summed E-state index contributed by atoms with van der Waals surface area (Å²) < 4.78 is 42.4. The van der Waals surface area contributed by atoms with E-state index in [0.29, 0.717) is 19.4 Å². The minimum Gasteiger partial charge on any atom is -0.385 e. The second-order valence-corrected chi connectivity index (χ2v) is 4.31. The van der Waals surface area contributed by atoms with Crippen LogP contribution in [0.25, 0.3) is 0 Å². The van der Waals surface area contributed by atoms with Crippen LogP contribution in [0.2, 0.25) is 0 Å². The van der Waals surface area contributed by atoms with E-state index >= 15 is 0 Å². The highest BCUT2D eigenvalue weighted by atomic mass is 19.4. The standard InChI is InChI=1S/C13H17F3N2O2/c1-20-7-3-6-11(17)12(19)18-10-5-2-4-9(8-10)13(14,15)16/h2,4-5,8,11H,3,6-7,17H2,1H3,(H,18,19). The lowest BCUT2D eigenvalue weighted by Gasteiger charge is -2.13. The van der Waals surface area contributed by atoms with Gasteiger partial charge in [0.2, 0.25) is 5.91 Å². The first-order valence-corrected chi connectivity index (χ1v) is 6.07. The van der Waals surface area contributed by atoms with E-state index in [2.05, 4.69) is 5.32 Å². The summed E-state index contributed by atoms with van der Waals surface area (Å²) in [6.07, 6.45) is -3.44. The fourth-order valence-corrected chi connectivity index (χ4v) is 1.59. The van der Waals surface area contributed by atoms with Gasteiger partial charge in [0.1, 0.15) is 0 Å². The molecule has 1 unspecified atom stereocenters. The van der Waals surface area contributed by atoms with Crippen molar-refractivity contribution < 1.29 is 22.7 Å². The zero-order valence-electron chi connectivity index (χ0n) is 11.0. The number of nitrogens with two attached hydrogens (primary N) is 1. The Balaban J connectivity index is 2.62. The van der Waals surface area contributed by atoms with E-state index in [1.54, 1.807) is 0 Å². The Hall–Kier alpha value is -1.60. The highest BCUT2D eigenvalue weighted by molar-refractivity contribution is 5.94. The summed E-state index contributed by atoms with van der Waals surface area (Å²) in [5, 5.41) is 2.38. The molecule has 0 aromatic heterocycles. The van der Waals surface area contributed by atoms with Crippen LogP contribution in [0, 0.1) is 0 Å². The lowest BCUT2D eigenvalue weighted by Crippen LogP contribution is -2.35. The van der Waals surface area contributed by atoms with Gasteiger partial charge in [-0.25, -0.2) is 0 Å². The molecule has 0 saturated heterocycles. The number of hydrogen-bond donors (Lipinski definition) is 2. The van der Waals surface area contributed by atoms with Gasteiger partial charge in [-0.05, 0) is 31.0 Å². The number of ether oxygens (including phenoxy) is 1. The topological polar surface area (TPSA) is 64.3 Å². The van der Waals surface area contributed by atoms with E-state index in [1.165, 1.54) is 19.2 Å². The number of nitrogens with one attached hydrogen (secondary N) is 1. The van der Waals surface area contributed by atoms with Gasteiger partial charge in [0.15, 0.2) is 0 Å². The molecule has 1 aromatic carbocycles. The van der Waals surface area contributed by atoms with E-state index in [9.17, 15) is 18.0 Å². The Morgan fingerprint density at radius 2 is 2.15 bits per heavy atom. The number of amides is 1. The second-order valence-electron chi connectivity index (χ2n) is 4.31. The Labute approximate surface area is 115 Å². The monoisotopic (exact) mass is 290 g/mol. The molecule has 0 aliphatic rings. The van der Waals surface area contributed by atoms with Gasteiger partial charge in [0.25, 0.3) is 0 Å². The number of rotatable bonds is 6. The molecule has 20 heavy (non-hydrogen) atoms. The molecule has 7 heteroatoms. The number of anilines is 1. The predicted molar refractivity (Wildman–Crippen MR) is 69.2 cm³/mol. The van der Waals surface area contributed by atoms with Gasteiger partial charge < -0.3 is 15.8 Å². The summed E-state index contributed by atoms with van der Waals surface area (Å²) in [7, 11) is 1.54. The summed E-state index contributed by atoms with van der Waals surface area (Å²) in [5.41, 5.74) is 4.90. The molecule has 0 spiro atoms. The molecule has 0 radical (unpaired) electrons.